The van der Waals surface area contributed by atoms with Crippen LogP contribution in [0.5, 0.6) is 5.75 Å². The molecule has 1 heterocycles. The molecule has 0 fully saturated rings. The van der Waals surface area contributed by atoms with Crippen LogP contribution in [0.3, 0.4) is 0 Å². The molecule has 0 aliphatic carbocycles. The minimum Gasteiger partial charge on any atom is -0.494 e. The highest BCUT2D eigenvalue weighted by Gasteiger charge is 2.08. The molecule has 0 bridgehead atoms. The van der Waals surface area contributed by atoms with Gasteiger partial charge in [-0.15, -0.1) is 5.10 Å². The number of hydrogen-bond donors (Lipinski definition) is 2. The standard InChI is InChI=1S/C12H15N5O3/c1-2-20-11-4-3-10(5-9(11)7-18)14-12(19)6-17-8-13-15-16-17/h3-5,8,18H,2,6-7H2,1H3,(H,14,19). The molecular formula is C12H15N5O3. The number of anilines is 1. The average molecular weight is 277 g/mol. The molecule has 0 unspecified atom stereocenters. The van der Waals surface area contributed by atoms with Crippen molar-refractivity contribution in [1.82, 2.24) is 20.2 Å². The number of aromatic nitrogens is 4. The molecule has 8 heteroatoms. The van der Waals surface area contributed by atoms with Gasteiger partial charge in [-0.2, -0.15) is 0 Å². The van der Waals surface area contributed by atoms with Crippen LogP contribution in [0.4, 0.5) is 5.69 Å². The third-order valence-electron chi connectivity index (χ3n) is 2.51. The zero-order valence-corrected chi connectivity index (χ0v) is 11.0. The van der Waals surface area contributed by atoms with Crippen LogP contribution < -0.4 is 10.1 Å². The van der Waals surface area contributed by atoms with Gasteiger partial charge in [0, 0.05) is 11.3 Å². The molecular weight excluding hydrogens is 262 g/mol. The van der Waals surface area contributed by atoms with Gasteiger partial charge in [-0.1, -0.05) is 0 Å². The van der Waals surface area contributed by atoms with Crippen molar-refractivity contribution in [3.63, 3.8) is 0 Å². The van der Waals surface area contributed by atoms with Crippen molar-refractivity contribution in [3.05, 3.63) is 30.1 Å². The lowest BCUT2D eigenvalue weighted by atomic mass is 10.2. The maximum atomic E-state index is 11.8. The van der Waals surface area contributed by atoms with E-state index in [1.54, 1.807) is 18.2 Å². The number of amides is 1. The van der Waals surface area contributed by atoms with E-state index >= 15 is 0 Å². The molecule has 1 amide bonds. The Kier molecular flexibility index (Phi) is 4.61. The molecule has 8 nitrogen and oxygen atoms in total. The van der Waals surface area contributed by atoms with Crippen LogP contribution in [0.1, 0.15) is 12.5 Å². The van der Waals surface area contributed by atoms with Gasteiger partial charge in [0.15, 0.2) is 0 Å². The first-order chi connectivity index (χ1) is 9.72. The lowest BCUT2D eigenvalue weighted by Crippen LogP contribution is -2.19. The summed E-state index contributed by atoms with van der Waals surface area (Å²) in [6, 6.07) is 5.09. The summed E-state index contributed by atoms with van der Waals surface area (Å²) >= 11 is 0. The molecule has 20 heavy (non-hydrogen) atoms. The minimum absolute atomic E-state index is 0.0225. The fourth-order valence-corrected chi connectivity index (χ4v) is 1.68. The first-order valence-corrected chi connectivity index (χ1v) is 6.10. The first kappa shape index (κ1) is 13.9. The summed E-state index contributed by atoms with van der Waals surface area (Å²) in [7, 11) is 0. The second-order valence-corrected chi connectivity index (χ2v) is 3.97. The maximum Gasteiger partial charge on any atom is 0.246 e. The molecule has 0 saturated heterocycles. The number of nitrogens with one attached hydrogen (secondary N) is 1. The molecule has 2 aromatic rings. The maximum absolute atomic E-state index is 11.8. The number of ether oxygens (including phenoxy) is 1. The van der Waals surface area contributed by atoms with Crippen LogP contribution in [-0.2, 0) is 17.9 Å². The van der Waals surface area contributed by atoms with E-state index in [1.807, 2.05) is 6.92 Å². The van der Waals surface area contributed by atoms with Crippen LogP contribution in [-0.4, -0.2) is 37.8 Å². The Balaban J connectivity index is 2.03. The van der Waals surface area contributed by atoms with Crippen LogP contribution >= 0.6 is 0 Å². The predicted molar refractivity (Wildman–Crippen MR) is 70.0 cm³/mol. The Labute approximate surface area is 115 Å². The van der Waals surface area contributed by atoms with E-state index < -0.39 is 0 Å². The van der Waals surface area contributed by atoms with Gasteiger partial charge in [-0.25, -0.2) is 4.68 Å². The fourth-order valence-electron chi connectivity index (χ4n) is 1.68. The highest BCUT2D eigenvalue weighted by Crippen LogP contribution is 2.23. The molecule has 0 aliphatic rings. The van der Waals surface area contributed by atoms with Crippen molar-refractivity contribution in [3.8, 4) is 5.75 Å². The summed E-state index contributed by atoms with van der Waals surface area (Å²) in [5.74, 6) is 0.346. The number of benzene rings is 1. The van der Waals surface area contributed by atoms with Gasteiger partial charge >= 0.3 is 0 Å². The van der Waals surface area contributed by atoms with E-state index in [1.165, 1.54) is 11.0 Å². The molecule has 1 aromatic carbocycles. The van der Waals surface area contributed by atoms with Crippen molar-refractivity contribution < 1.29 is 14.6 Å². The van der Waals surface area contributed by atoms with Crippen molar-refractivity contribution >= 4 is 11.6 Å². The van der Waals surface area contributed by atoms with E-state index in [4.69, 9.17) is 4.74 Å². The Morgan fingerprint density at radius 2 is 2.35 bits per heavy atom. The molecule has 106 valence electrons. The number of nitrogens with zero attached hydrogens (tertiary/aromatic N) is 4. The van der Waals surface area contributed by atoms with Gasteiger partial charge < -0.3 is 15.2 Å². The SMILES string of the molecule is CCOc1ccc(NC(=O)Cn2cnnn2)cc1CO. The van der Waals surface area contributed by atoms with Gasteiger partial charge in [0.05, 0.1) is 13.2 Å². The van der Waals surface area contributed by atoms with E-state index in [-0.39, 0.29) is 19.1 Å². The van der Waals surface area contributed by atoms with E-state index in [0.29, 0.717) is 23.6 Å². The molecule has 0 atom stereocenters. The minimum atomic E-state index is -0.259. The summed E-state index contributed by atoms with van der Waals surface area (Å²) < 4.78 is 6.69. The van der Waals surface area contributed by atoms with Gasteiger partial charge in [0.1, 0.15) is 18.6 Å². The largest absolute Gasteiger partial charge is 0.494 e. The van der Waals surface area contributed by atoms with Crippen LogP contribution in [0, 0.1) is 0 Å². The van der Waals surface area contributed by atoms with E-state index in [2.05, 4.69) is 20.8 Å². The smallest absolute Gasteiger partial charge is 0.246 e. The van der Waals surface area contributed by atoms with Gasteiger partial charge in [0.2, 0.25) is 5.91 Å². The van der Waals surface area contributed by atoms with Gasteiger partial charge in [0.25, 0.3) is 0 Å². The van der Waals surface area contributed by atoms with Gasteiger partial charge in [-0.05, 0) is 35.5 Å². The Morgan fingerprint density at radius 3 is 3.00 bits per heavy atom. The summed E-state index contributed by atoms with van der Waals surface area (Å²) in [4.78, 5) is 11.8. The lowest BCUT2D eigenvalue weighted by Gasteiger charge is -2.11. The second kappa shape index (κ2) is 6.62. The van der Waals surface area contributed by atoms with Crippen LogP contribution in [0.25, 0.3) is 0 Å². The number of rotatable bonds is 6. The normalized spacial score (nSPS) is 10.3. The number of hydrogen-bond acceptors (Lipinski definition) is 6. The third-order valence-corrected chi connectivity index (χ3v) is 2.51. The Bertz CT molecular complexity index is 570. The first-order valence-electron chi connectivity index (χ1n) is 6.10. The summed E-state index contributed by atoms with van der Waals surface area (Å²) in [5.41, 5.74) is 1.20. The topological polar surface area (TPSA) is 102 Å². The van der Waals surface area contributed by atoms with Crippen molar-refractivity contribution in [2.45, 2.75) is 20.1 Å². The summed E-state index contributed by atoms with van der Waals surface area (Å²) in [5, 5.41) is 22.5. The Morgan fingerprint density at radius 1 is 1.50 bits per heavy atom. The van der Waals surface area contributed by atoms with Gasteiger partial charge in [-0.3, -0.25) is 4.79 Å². The van der Waals surface area contributed by atoms with Crippen molar-refractivity contribution in [1.29, 1.82) is 0 Å². The predicted octanol–water partition coefficient (Wildman–Crippen LogP) is 0.203. The molecule has 0 radical (unpaired) electrons. The van der Waals surface area contributed by atoms with E-state index in [0.717, 1.165) is 0 Å². The zero-order chi connectivity index (χ0) is 14.4. The van der Waals surface area contributed by atoms with Crippen molar-refractivity contribution in [2.24, 2.45) is 0 Å². The molecule has 0 spiro atoms. The molecule has 2 rings (SSSR count). The average Bonchev–Trinajstić information content (AvgIpc) is 2.93. The quantitative estimate of drug-likeness (QED) is 0.782. The van der Waals surface area contributed by atoms with Crippen molar-refractivity contribution in [2.75, 3.05) is 11.9 Å². The van der Waals surface area contributed by atoms with Crippen LogP contribution in [0.2, 0.25) is 0 Å². The number of aliphatic hydroxyl groups is 1. The Hall–Kier alpha value is -2.48. The fraction of sp³-hybridized carbons (Fsp3) is 0.333. The number of carbonyl (C=O) groups is 1. The summed E-state index contributed by atoms with van der Waals surface area (Å²) in [6.45, 7) is 2.24. The number of aliphatic hydroxyl groups excluding tert-OH is 1. The third kappa shape index (κ3) is 3.51. The molecule has 2 N–H and O–H groups in total. The lowest BCUT2D eigenvalue weighted by molar-refractivity contribution is -0.116. The number of tetrazole rings is 1. The zero-order valence-electron chi connectivity index (χ0n) is 11.0. The highest BCUT2D eigenvalue weighted by atomic mass is 16.5. The highest BCUT2D eigenvalue weighted by molar-refractivity contribution is 5.90. The molecule has 1 aromatic heterocycles. The summed E-state index contributed by atoms with van der Waals surface area (Å²) in [6.07, 6.45) is 1.36. The van der Waals surface area contributed by atoms with E-state index in [9.17, 15) is 9.90 Å². The second-order valence-electron chi connectivity index (χ2n) is 3.97. The monoisotopic (exact) mass is 277 g/mol. The van der Waals surface area contributed by atoms with Crippen LogP contribution in [0.15, 0.2) is 24.5 Å². The molecule has 0 aliphatic heterocycles. The number of carbonyl (C=O) groups excluding carboxylic acids is 1. The molecule has 0 saturated carbocycles.